The number of hydrogen-bond acceptors (Lipinski definition) is 3. The lowest BCUT2D eigenvalue weighted by molar-refractivity contribution is -0.153. The third kappa shape index (κ3) is 3.43. The topological polar surface area (TPSA) is 69.6 Å². The van der Waals surface area contributed by atoms with Crippen LogP contribution in [0.25, 0.3) is 0 Å². The van der Waals surface area contributed by atoms with E-state index in [-0.39, 0.29) is 17.7 Å². The summed E-state index contributed by atoms with van der Waals surface area (Å²) >= 11 is 0. The molecule has 0 aliphatic carbocycles. The Hall–Kier alpha value is -1.10. The molecule has 1 atom stereocenters. The highest BCUT2D eigenvalue weighted by molar-refractivity contribution is 5.85. The van der Waals surface area contributed by atoms with Gasteiger partial charge in [-0.2, -0.15) is 0 Å². The largest absolute Gasteiger partial charge is 0.480 e. The Balaban J connectivity index is 2.68. The first kappa shape index (κ1) is 14.0. The van der Waals surface area contributed by atoms with Crippen LogP contribution in [-0.2, 0) is 9.59 Å². The fourth-order valence-corrected chi connectivity index (χ4v) is 2.39. The Morgan fingerprint density at radius 1 is 1.29 bits per heavy atom. The number of likely N-dealkylation sites (N-methyl/N-ethyl adjacent to an activating group) is 1. The van der Waals surface area contributed by atoms with E-state index < -0.39 is 12.0 Å². The van der Waals surface area contributed by atoms with Crippen LogP contribution in [0.15, 0.2) is 0 Å². The van der Waals surface area contributed by atoms with Crippen LogP contribution in [0.3, 0.4) is 0 Å². The fraction of sp³-hybridized carbons (Fsp3) is 0.833. The summed E-state index contributed by atoms with van der Waals surface area (Å²) in [5, 5.41) is 12.4. The van der Waals surface area contributed by atoms with E-state index in [9.17, 15) is 9.59 Å². The third-order valence-electron chi connectivity index (χ3n) is 3.34. The summed E-state index contributed by atoms with van der Waals surface area (Å²) in [6, 6.07) is -0.725. The first-order chi connectivity index (χ1) is 7.95. The van der Waals surface area contributed by atoms with E-state index in [2.05, 4.69) is 5.32 Å². The second kappa shape index (κ2) is 6.00. The molecular formula is C12H22N2O3. The van der Waals surface area contributed by atoms with Gasteiger partial charge < -0.3 is 15.3 Å². The minimum Gasteiger partial charge on any atom is -0.480 e. The van der Waals surface area contributed by atoms with Gasteiger partial charge in [0.1, 0.15) is 6.04 Å². The van der Waals surface area contributed by atoms with Crippen molar-refractivity contribution in [3.05, 3.63) is 0 Å². The van der Waals surface area contributed by atoms with Gasteiger partial charge in [0.2, 0.25) is 5.91 Å². The first-order valence-electron chi connectivity index (χ1n) is 6.15. The second-order valence-electron chi connectivity index (χ2n) is 5.00. The zero-order valence-electron chi connectivity index (χ0n) is 10.8. The third-order valence-corrected chi connectivity index (χ3v) is 3.34. The molecule has 1 aliphatic heterocycles. The van der Waals surface area contributed by atoms with Crippen molar-refractivity contribution < 1.29 is 14.7 Å². The quantitative estimate of drug-likeness (QED) is 0.755. The van der Waals surface area contributed by atoms with Crippen molar-refractivity contribution in [3.63, 3.8) is 0 Å². The number of aliphatic carboxylic acids is 1. The molecule has 0 aromatic rings. The van der Waals surface area contributed by atoms with Crippen molar-refractivity contribution in [1.82, 2.24) is 10.2 Å². The molecule has 17 heavy (non-hydrogen) atoms. The molecule has 0 bridgehead atoms. The van der Waals surface area contributed by atoms with Crippen molar-refractivity contribution in [2.24, 2.45) is 11.8 Å². The molecule has 5 nitrogen and oxygen atoms in total. The highest BCUT2D eigenvalue weighted by Gasteiger charge is 2.33. The zero-order chi connectivity index (χ0) is 13.0. The Morgan fingerprint density at radius 3 is 2.24 bits per heavy atom. The smallest absolute Gasteiger partial charge is 0.326 e. The lowest BCUT2D eigenvalue weighted by atomic mass is 9.94. The van der Waals surface area contributed by atoms with Gasteiger partial charge in [0.05, 0.1) is 0 Å². The predicted molar refractivity (Wildman–Crippen MR) is 64.6 cm³/mol. The van der Waals surface area contributed by atoms with E-state index in [0.29, 0.717) is 0 Å². The van der Waals surface area contributed by atoms with Crippen LogP contribution in [0.2, 0.25) is 0 Å². The Morgan fingerprint density at radius 2 is 1.82 bits per heavy atom. The lowest BCUT2D eigenvalue weighted by Gasteiger charge is -2.32. The lowest BCUT2D eigenvalue weighted by Crippen LogP contribution is -2.49. The van der Waals surface area contributed by atoms with Gasteiger partial charge in [0.25, 0.3) is 0 Å². The molecule has 0 unspecified atom stereocenters. The molecule has 1 aliphatic rings. The van der Waals surface area contributed by atoms with Gasteiger partial charge in [-0.25, -0.2) is 4.79 Å². The molecule has 1 fully saturated rings. The number of amides is 1. The highest BCUT2D eigenvalue weighted by atomic mass is 16.4. The summed E-state index contributed by atoms with van der Waals surface area (Å²) in [5.74, 6) is -1.07. The fourth-order valence-electron chi connectivity index (χ4n) is 2.39. The number of piperidine rings is 1. The second-order valence-corrected chi connectivity index (χ2v) is 5.00. The maximum absolute atomic E-state index is 12.2. The normalized spacial score (nSPS) is 19.1. The Bertz CT molecular complexity index is 285. The number of carboxylic acid groups (broad SMARTS) is 1. The molecule has 0 aromatic carbocycles. The van der Waals surface area contributed by atoms with E-state index >= 15 is 0 Å². The molecule has 1 rings (SSSR count). The average Bonchev–Trinajstić information content (AvgIpc) is 2.28. The summed E-state index contributed by atoms with van der Waals surface area (Å²) in [6.45, 7) is 5.32. The molecule has 1 heterocycles. The molecule has 0 spiro atoms. The van der Waals surface area contributed by atoms with E-state index in [1.165, 1.54) is 4.90 Å². The zero-order valence-corrected chi connectivity index (χ0v) is 10.8. The van der Waals surface area contributed by atoms with Gasteiger partial charge in [-0.3, -0.25) is 4.79 Å². The number of nitrogens with one attached hydrogen (secondary N) is 1. The Kier molecular flexibility index (Phi) is 4.93. The van der Waals surface area contributed by atoms with Crippen LogP contribution in [0.5, 0.6) is 0 Å². The first-order valence-corrected chi connectivity index (χ1v) is 6.15. The summed E-state index contributed by atoms with van der Waals surface area (Å²) in [6.07, 6.45) is 1.60. The van der Waals surface area contributed by atoms with Crippen LogP contribution >= 0.6 is 0 Å². The van der Waals surface area contributed by atoms with E-state index in [0.717, 1.165) is 25.9 Å². The number of rotatable bonds is 4. The van der Waals surface area contributed by atoms with Crippen molar-refractivity contribution in [2.45, 2.75) is 32.7 Å². The number of nitrogens with zero attached hydrogens (tertiary/aromatic N) is 1. The van der Waals surface area contributed by atoms with Crippen molar-refractivity contribution in [2.75, 3.05) is 20.1 Å². The van der Waals surface area contributed by atoms with E-state index in [4.69, 9.17) is 5.11 Å². The molecular weight excluding hydrogens is 220 g/mol. The molecule has 0 radical (unpaired) electrons. The van der Waals surface area contributed by atoms with Gasteiger partial charge in [-0.1, -0.05) is 13.8 Å². The minimum atomic E-state index is -0.926. The Labute approximate surface area is 102 Å². The highest BCUT2D eigenvalue weighted by Crippen LogP contribution is 2.18. The molecule has 0 saturated carbocycles. The van der Waals surface area contributed by atoms with Crippen molar-refractivity contribution in [3.8, 4) is 0 Å². The standard InChI is InChI=1S/C12H22N2O3/c1-8(2)10(12(16)17)14(3)11(15)9-4-6-13-7-5-9/h8-10,13H,4-7H2,1-3H3,(H,16,17)/t10-/m0/s1. The van der Waals surface area contributed by atoms with Gasteiger partial charge in [0, 0.05) is 13.0 Å². The number of carbonyl (C=O) groups excluding carboxylic acids is 1. The molecule has 98 valence electrons. The summed E-state index contributed by atoms with van der Waals surface area (Å²) in [5.41, 5.74) is 0. The van der Waals surface area contributed by atoms with Crippen molar-refractivity contribution in [1.29, 1.82) is 0 Å². The molecule has 0 aromatic heterocycles. The van der Waals surface area contributed by atoms with Crippen LogP contribution < -0.4 is 5.32 Å². The van der Waals surface area contributed by atoms with Gasteiger partial charge in [-0.15, -0.1) is 0 Å². The van der Waals surface area contributed by atoms with Crippen LogP contribution in [0.4, 0.5) is 0 Å². The van der Waals surface area contributed by atoms with E-state index in [1.54, 1.807) is 7.05 Å². The SMILES string of the molecule is CC(C)[C@@H](C(=O)O)N(C)C(=O)C1CCNCC1. The maximum atomic E-state index is 12.2. The van der Waals surface area contributed by atoms with Crippen LogP contribution in [-0.4, -0.2) is 48.1 Å². The molecule has 1 amide bonds. The summed E-state index contributed by atoms with van der Waals surface area (Å²) in [7, 11) is 1.60. The van der Waals surface area contributed by atoms with Gasteiger partial charge >= 0.3 is 5.97 Å². The molecule has 5 heteroatoms. The predicted octanol–water partition coefficient (Wildman–Crippen LogP) is 0.554. The molecule has 2 N–H and O–H groups in total. The maximum Gasteiger partial charge on any atom is 0.326 e. The van der Waals surface area contributed by atoms with Crippen LogP contribution in [0, 0.1) is 11.8 Å². The summed E-state index contributed by atoms with van der Waals surface area (Å²) < 4.78 is 0. The molecule has 1 saturated heterocycles. The number of carboxylic acids is 1. The monoisotopic (exact) mass is 242 g/mol. The van der Waals surface area contributed by atoms with Gasteiger partial charge in [-0.05, 0) is 31.8 Å². The van der Waals surface area contributed by atoms with Crippen LogP contribution in [0.1, 0.15) is 26.7 Å². The summed E-state index contributed by atoms with van der Waals surface area (Å²) in [4.78, 5) is 24.8. The van der Waals surface area contributed by atoms with Gasteiger partial charge in [0.15, 0.2) is 0 Å². The number of hydrogen-bond donors (Lipinski definition) is 2. The minimum absolute atomic E-state index is 0.0261. The average molecular weight is 242 g/mol. The van der Waals surface area contributed by atoms with Crippen molar-refractivity contribution >= 4 is 11.9 Å². The van der Waals surface area contributed by atoms with E-state index in [1.807, 2.05) is 13.8 Å². The number of carbonyl (C=O) groups is 2.